The third kappa shape index (κ3) is 6.24. The fraction of sp³-hybridized carbons (Fsp3) is 1.00. The Balaban J connectivity index is 2.16. The van der Waals surface area contributed by atoms with E-state index in [0.717, 1.165) is 19.0 Å². The molecule has 19 heavy (non-hydrogen) atoms. The van der Waals surface area contributed by atoms with Crippen LogP contribution in [-0.4, -0.2) is 54.6 Å². The SMILES string of the molecule is CC(C)N(CCCC1CCN(CCN)CC1)C(C)C. The van der Waals surface area contributed by atoms with Crippen molar-refractivity contribution in [1.29, 1.82) is 0 Å². The molecule has 0 atom stereocenters. The predicted octanol–water partition coefficient (Wildman–Crippen LogP) is 2.56. The van der Waals surface area contributed by atoms with E-state index in [1.54, 1.807) is 0 Å². The Morgan fingerprint density at radius 2 is 1.68 bits per heavy atom. The first kappa shape index (κ1) is 16.9. The summed E-state index contributed by atoms with van der Waals surface area (Å²) in [5.41, 5.74) is 5.62. The number of rotatable bonds is 8. The lowest BCUT2D eigenvalue weighted by molar-refractivity contribution is 0.152. The molecule has 3 nitrogen and oxygen atoms in total. The second kappa shape index (κ2) is 8.93. The first-order valence-electron chi connectivity index (χ1n) is 8.22. The van der Waals surface area contributed by atoms with Gasteiger partial charge in [0.1, 0.15) is 0 Å². The molecule has 0 unspecified atom stereocenters. The maximum atomic E-state index is 5.62. The summed E-state index contributed by atoms with van der Waals surface area (Å²) in [5.74, 6) is 0.954. The van der Waals surface area contributed by atoms with Gasteiger partial charge in [-0.25, -0.2) is 0 Å². The van der Waals surface area contributed by atoms with Gasteiger partial charge in [0.25, 0.3) is 0 Å². The summed E-state index contributed by atoms with van der Waals surface area (Å²) in [4.78, 5) is 5.13. The average Bonchev–Trinajstić information content (AvgIpc) is 2.36. The molecule has 0 aliphatic carbocycles. The monoisotopic (exact) mass is 269 g/mol. The van der Waals surface area contributed by atoms with Gasteiger partial charge in [0.15, 0.2) is 0 Å². The Labute approximate surface area is 120 Å². The summed E-state index contributed by atoms with van der Waals surface area (Å²) in [6.45, 7) is 14.9. The molecule has 1 aliphatic rings. The van der Waals surface area contributed by atoms with Crippen molar-refractivity contribution < 1.29 is 0 Å². The molecule has 0 aromatic carbocycles. The van der Waals surface area contributed by atoms with Crippen LogP contribution in [0.15, 0.2) is 0 Å². The summed E-state index contributed by atoms with van der Waals surface area (Å²) in [6, 6.07) is 1.35. The van der Waals surface area contributed by atoms with Crippen LogP contribution in [0.4, 0.5) is 0 Å². The van der Waals surface area contributed by atoms with Crippen LogP contribution in [0.1, 0.15) is 53.4 Å². The first-order valence-corrected chi connectivity index (χ1v) is 8.22. The molecule has 0 radical (unpaired) electrons. The average molecular weight is 269 g/mol. The van der Waals surface area contributed by atoms with Gasteiger partial charge in [-0.3, -0.25) is 4.90 Å². The maximum absolute atomic E-state index is 5.62. The second-order valence-corrected chi connectivity index (χ2v) is 6.64. The zero-order chi connectivity index (χ0) is 14.3. The van der Waals surface area contributed by atoms with Crippen LogP contribution in [0.25, 0.3) is 0 Å². The molecule has 2 N–H and O–H groups in total. The number of nitrogens with zero attached hydrogens (tertiary/aromatic N) is 2. The van der Waals surface area contributed by atoms with Gasteiger partial charge in [0.2, 0.25) is 0 Å². The minimum atomic E-state index is 0.673. The van der Waals surface area contributed by atoms with Gasteiger partial charge in [-0.15, -0.1) is 0 Å². The van der Waals surface area contributed by atoms with Crippen molar-refractivity contribution in [2.45, 2.75) is 65.5 Å². The second-order valence-electron chi connectivity index (χ2n) is 6.64. The lowest BCUT2D eigenvalue weighted by Gasteiger charge is -2.33. The minimum absolute atomic E-state index is 0.673. The van der Waals surface area contributed by atoms with E-state index in [0.29, 0.717) is 12.1 Å². The Bertz CT molecular complexity index is 212. The van der Waals surface area contributed by atoms with Crippen molar-refractivity contribution in [2.75, 3.05) is 32.7 Å². The van der Waals surface area contributed by atoms with Crippen molar-refractivity contribution in [2.24, 2.45) is 11.7 Å². The molecule has 1 saturated heterocycles. The van der Waals surface area contributed by atoms with Crippen molar-refractivity contribution in [3.8, 4) is 0 Å². The summed E-state index contributed by atoms with van der Waals surface area (Å²) in [6.07, 6.45) is 5.52. The molecule has 0 bridgehead atoms. The van der Waals surface area contributed by atoms with Crippen LogP contribution in [0.3, 0.4) is 0 Å². The molecule has 0 spiro atoms. The molecule has 3 heteroatoms. The van der Waals surface area contributed by atoms with Crippen LogP contribution in [0.5, 0.6) is 0 Å². The Morgan fingerprint density at radius 3 is 2.16 bits per heavy atom. The van der Waals surface area contributed by atoms with Gasteiger partial charge in [-0.05, 0) is 78.9 Å². The molecule has 0 aromatic rings. The van der Waals surface area contributed by atoms with Gasteiger partial charge >= 0.3 is 0 Å². The lowest BCUT2D eigenvalue weighted by Crippen LogP contribution is -2.39. The van der Waals surface area contributed by atoms with E-state index in [2.05, 4.69) is 37.5 Å². The number of piperidine rings is 1. The van der Waals surface area contributed by atoms with E-state index in [1.807, 2.05) is 0 Å². The third-order valence-electron chi connectivity index (χ3n) is 4.51. The molecule has 0 aromatic heterocycles. The van der Waals surface area contributed by atoms with E-state index in [1.165, 1.54) is 45.3 Å². The summed E-state index contributed by atoms with van der Waals surface area (Å²) in [5, 5.41) is 0. The van der Waals surface area contributed by atoms with Crippen molar-refractivity contribution in [3.05, 3.63) is 0 Å². The van der Waals surface area contributed by atoms with Crippen molar-refractivity contribution in [1.82, 2.24) is 9.80 Å². The number of hydrogen-bond acceptors (Lipinski definition) is 3. The van der Waals surface area contributed by atoms with E-state index in [4.69, 9.17) is 5.73 Å². The Morgan fingerprint density at radius 1 is 1.11 bits per heavy atom. The number of nitrogens with two attached hydrogens (primary N) is 1. The third-order valence-corrected chi connectivity index (χ3v) is 4.51. The lowest BCUT2D eigenvalue weighted by atomic mass is 9.92. The fourth-order valence-corrected chi connectivity index (χ4v) is 3.36. The fourth-order valence-electron chi connectivity index (χ4n) is 3.36. The van der Waals surface area contributed by atoms with E-state index in [9.17, 15) is 0 Å². The van der Waals surface area contributed by atoms with Gasteiger partial charge in [-0.2, -0.15) is 0 Å². The highest BCUT2D eigenvalue weighted by Crippen LogP contribution is 2.22. The zero-order valence-electron chi connectivity index (χ0n) is 13.6. The van der Waals surface area contributed by atoms with E-state index < -0.39 is 0 Å². The molecule has 0 amide bonds. The first-order chi connectivity index (χ1) is 9.04. The van der Waals surface area contributed by atoms with Crippen LogP contribution < -0.4 is 5.73 Å². The molecule has 1 rings (SSSR count). The highest BCUT2D eigenvalue weighted by molar-refractivity contribution is 4.74. The highest BCUT2D eigenvalue weighted by atomic mass is 15.2. The standard InChI is InChI=1S/C16H35N3/c1-14(2)19(15(3)4)10-5-6-16-7-11-18(12-8-16)13-9-17/h14-16H,5-13,17H2,1-4H3. The minimum Gasteiger partial charge on any atom is -0.329 e. The molecule has 1 fully saturated rings. The molecular weight excluding hydrogens is 234 g/mol. The van der Waals surface area contributed by atoms with E-state index in [-0.39, 0.29) is 0 Å². The predicted molar refractivity (Wildman–Crippen MR) is 84.4 cm³/mol. The quantitative estimate of drug-likeness (QED) is 0.735. The smallest absolute Gasteiger partial charge is 0.0105 e. The molecule has 0 saturated carbocycles. The Kier molecular flexibility index (Phi) is 7.96. The van der Waals surface area contributed by atoms with Crippen LogP contribution in [-0.2, 0) is 0 Å². The summed E-state index contributed by atoms with van der Waals surface area (Å²) >= 11 is 0. The maximum Gasteiger partial charge on any atom is 0.0105 e. The normalized spacial score (nSPS) is 18.9. The van der Waals surface area contributed by atoms with Gasteiger partial charge in [0, 0.05) is 25.2 Å². The number of likely N-dealkylation sites (tertiary alicyclic amines) is 1. The van der Waals surface area contributed by atoms with Gasteiger partial charge in [-0.1, -0.05) is 0 Å². The summed E-state index contributed by atoms with van der Waals surface area (Å²) in [7, 11) is 0. The molecule has 1 heterocycles. The van der Waals surface area contributed by atoms with Crippen LogP contribution in [0.2, 0.25) is 0 Å². The van der Waals surface area contributed by atoms with Gasteiger partial charge < -0.3 is 10.6 Å². The zero-order valence-corrected chi connectivity index (χ0v) is 13.6. The largest absolute Gasteiger partial charge is 0.329 e. The highest BCUT2D eigenvalue weighted by Gasteiger charge is 2.19. The molecular formula is C16H35N3. The summed E-state index contributed by atoms with van der Waals surface area (Å²) < 4.78 is 0. The van der Waals surface area contributed by atoms with Gasteiger partial charge in [0.05, 0.1) is 0 Å². The van der Waals surface area contributed by atoms with Crippen LogP contribution in [0, 0.1) is 5.92 Å². The van der Waals surface area contributed by atoms with Crippen LogP contribution >= 0.6 is 0 Å². The topological polar surface area (TPSA) is 32.5 Å². The van der Waals surface area contributed by atoms with E-state index >= 15 is 0 Å². The Hall–Kier alpha value is -0.120. The van der Waals surface area contributed by atoms with Crippen molar-refractivity contribution in [3.63, 3.8) is 0 Å². The molecule has 114 valence electrons. The van der Waals surface area contributed by atoms with Crippen molar-refractivity contribution >= 4 is 0 Å². The number of hydrogen-bond donors (Lipinski definition) is 1. The molecule has 1 aliphatic heterocycles.